The van der Waals surface area contributed by atoms with Gasteiger partial charge in [-0.3, -0.25) is 4.79 Å². The van der Waals surface area contributed by atoms with Crippen molar-refractivity contribution in [2.24, 2.45) is 45.8 Å². The largest absolute Gasteiger partial charge is 0.393 e. The Kier molecular flexibility index (Phi) is 5.17. The van der Waals surface area contributed by atoms with Crippen molar-refractivity contribution in [2.45, 2.75) is 105 Å². The fourth-order valence-electron chi connectivity index (χ4n) is 9.35. The zero-order valence-corrected chi connectivity index (χ0v) is 20.5. The Hall–Kier alpha value is -0.890. The number of aliphatic hydroxyl groups excluding tert-OH is 1. The van der Waals surface area contributed by atoms with Crippen LogP contribution in [0.25, 0.3) is 0 Å². The van der Waals surface area contributed by atoms with Crippen LogP contribution in [0.4, 0.5) is 0 Å². The first-order valence-electron chi connectivity index (χ1n) is 13.2. The molecule has 2 nitrogen and oxygen atoms in total. The van der Waals surface area contributed by atoms with Crippen LogP contribution in [0.5, 0.6) is 0 Å². The summed E-state index contributed by atoms with van der Waals surface area (Å²) in [5, 5.41) is 11.7. The number of aliphatic hydroxyl groups is 1. The van der Waals surface area contributed by atoms with Crippen LogP contribution in [0, 0.1) is 45.8 Å². The Balaban J connectivity index is 1.42. The van der Waals surface area contributed by atoms with Crippen molar-refractivity contribution in [2.75, 3.05) is 0 Å². The van der Waals surface area contributed by atoms with Crippen molar-refractivity contribution >= 4 is 5.78 Å². The van der Waals surface area contributed by atoms with Gasteiger partial charge in [-0.15, -0.1) is 0 Å². The fourth-order valence-corrected chi connectivity index (χ4v) is 9.35. The topological polar surface area (TPSA) is 37.3 Å². The molecule has 5 aliphatic rings. The molecule has 0 saturated heterocycles. The molecule has 0 heterocycles. The summed E-state index contributed by atoms with van der Waals surface area (Å²) in [6.07, 6.45) is 15.7. The summed E-state index contributed by atoms with van der Waals surface area (Å²) in [6, 6.07) is 0. The maximum atomic E-state index is 12.8. The number of fused-ring (bicyclic) bond motifs is 6. The first-order valence-corrected chi connectivity index (χ1v) is 13.2. The number of rotatable bonds is 4. The van der Waals surface area contributed by atoms with E-state index in [9.17, 15) is 9.90 Å². The van der Waals surface area contributed by atoms with E-state index in [0.717, 1.165) is 38.5 Å². The molecule has 0 radical (unpaired) electrons. The quantitative estimate of drug-likeness (QED) is 0.500. The molecule has 0 amide bonds. The number of carbonyl (C=O) groups is 1. The summed E-state index contributed by atoms with van der Waals surface area (Å²) in [7, 11) is 0. The molecule has 1 spiro atoms. The number of allylic oxidation sites excluding steroid dienone is 4. The monoisotopic (exact) mass is 424 g/mol. The molecule has 1 N–H and O–H groups in total. The van der Waals surface area contributed by atoms with Crippen LogP contribution in [-0.2, 0) is 4.79 Å². The molecule has 172 valence electrons. The molecular formula is C29H44O2. The van der Waals surface area contributed by atoms with Gasteiger partial charge in [0.05, 0.1) is 11.5 Å². The Bertz CT molecular complexity index is 813. The van der Waals surface area contributed by atoms with Gasteiger partial charge in [-0.05, 0) is 112 Å². The van der Waals surface area contributed by atoms with E-state index in [1.807, 2.05) is 0 Å². The molecule has 2 heteroatoms. The standard InChI is InChI=1S/C29H44O2/c1-18(2)7-6-8-19(3)21-10-11-22-20-9-12-24-27(4,14-13-25(30)29(24)15-16-29)23(20)17-26(31)28(21,22)5/h7,12,19-23,26,31H,6,8-11,13-17H2,1-5H3/t19-,20+,21-,22+,23+,26?,27-,28-/m1/s1. The lowest BCUT2D eigenvalue weighted by atomic mass is 9.45. The maximum absolute atomic E-state index is 12.8. The highest BCUT2D eigenvalue weighted by atomic mass is 16.3. The maximum Gasteiger partial charge on any atom is 0.143 e. The third kappa shape index (κ3) is 3.02. The van der Waals surface area contributed by atoms with Gasteiger partial charge in [0.1, 0.15) is 5.78 Å². The summed E-state index contributed by atoms with van der Waals surface area (Å²) >= 11 is 0. The molecule has 4 fully saturated rings. The van der Waals surface area contributed by atoms with Gasteiger partial charge in [-0.25, -0.2) is 0 Å². The molecule has 0 bridgehead atoms. The number of carbonyl (C=O) groups excluding carboxylic acids is 1. The average Bonchev–Trinajstić information content (AvgIpc) is 3.42. The molecule has 8 atom stereocenters. The van der Waals surface area contributed by atoms with Crippen LogP contribution in [0.1, 0.15) is 98.8 Å². The van der Waals surface area contributed by atoms with Crippen molar-refractivity contribution in [1.82, 2.24) is 0 Å². The minimum absolute atomic E-state index is 0.0645. The Morgan fingerprint density at radius 3 is 2.61 bits per heavy atom. The van der Waals surface area contributed by atoms with Gasteiger partial charge in [0.15, 0.2) is 0 Å². The lowest BCUT2D eigenvalue weighted by Gasteiger charge is -2.60. The van der Waals surface area contributed by atoms with Crippen LogP contribution in [0.3, 0.4) is 0 Å². The Morgan fingerprint density at radius 2 is 1.94 bits per heavy atom. The second kappa shape index (κ2) is 7.31. The third-order valence-corrected chi connectivity index (χ3v) is 11.2. The highest BCUT2D eigenvalue weighted by Crippen LogP contribution is 2.72. The second-order valence-corrected chi connectivity index (χ2v) is 12.8. The first-order chi connectivity index (χ1) is 14.6. The van der Waals surface area contributed by atoms with Crippen LogP contribution in [0.15, 0.2) is 23.3 Å². The lowest BCUT2D eigenvalue weighted by Crippen LogP contribution is -2.57. The number of hydrogen-bond acceptors (Lipinski definition) is 2. The van der Waals surface area contributed by atoms with Crippen molar-refractivity contribution in [3.8, 4) is 0 Å². The third-order valence-electron chi connectivity index (χ3n) is 11.2. The summed E-state index contributed by atoms with van der Waals surface area (Å²) in [4.78, 5) is 12.8. The Morgan fingerprint density at radius 1 is 1.19 bits per heavy atom. The van der Waals surface area contributed by atoms with E-state index in [0.29, 0.717) is 35.4 Å². The first kappa shape index (κ1) is 21.9. The van der Waals surface area contributed by atoms with Gasteiger partial charge in [-0.2, -0.15) is 0 Å². The van der Waals surface area contributed by atoms with E-state index in [1.54, 1.807) is 0 Å². The molecule has 5 rings (SSSR count). The lowest BCUT2D eigenvalue weighted by molar-refractivity contribution is -0.142. The SMILES string of the molecule is CC(C)=CCC[C@@H](C)[C@H]1CC[C@H]2[C@@H]3CC=C4C5(CC5)C(=O)CC[C@]4(C)[C@H]3CC(O)[C@]12C. The van der Waals surface area contributed by atoms with E-state index in [1.165, 1.54) is 36.8 Å². The van der Waals surface area contributed by atoms with Crippen molar-refractivity contribution < 1.29 is 9.90 Å². The predicted octanol–water partition coefficient (Wildman–Crippen LogP) is 6.88. The van der Waals surface area contributed by atoms with E-state index in [2.05, 4.69) is 46.8 Å². The van der Waals surface area contributed by atoms with Crippen LogP contribution >= 0.6 is 0 Å². The molecule has 4 saturated carbocycles. The average molecular weight is 425 g/mol. The van der Waals surface area contributed by atoms with E-state index < -0.39 is 0 Å². The molecule has 0 aliphatic heterocycles. The summed E-state index contributed by atoms with van der Waals surface area (Å²) < 4.78 is 0. The zero-order chi connectivity index (χ0) is 22.2. The molecular weight excluding hydrogens is 380 g/mol. The van der Waals surface area contributed by atoms with Crippen LogP contribution < -0.4 is 0 Å². The van der Waals surface area contributed by atoms with Gasteiger partial charge in [0.25, 0.3) is 0 Å². The fraction of sp³-hybridized carbons (Fsp3) is 0.828. The Labute approximate surface area is 190 Å². The molecule has 0 aromatic heterocycles. The highest BCUT2D eigenvalue weighted by molar-refractivity contribution is 5.92. The summed E-state index contributed by atoms with van der Waals surface area (Å²) in [5.74, 6) is 3.72. The number of hydrogen-bond donors (Lipinski definition) is 1. The minimum Gasteiger partial charge on any atom is -0.393 e. The highest BCUT2D eigenvalue weighted by Gasteiger charge is 2.67. The van der Waals surface area contributed by atoms with Gasteiger partial charge in [0, 0.05) is 6.42 Å². The van der Waals surface area contributed by atoms with Crippen molar-refractivity contribution in [3.63, 3.8) is 0 Å². The van der Waals surface area contributed by atoms with Gasteiger partial charge in [0.2, 0.25) is 0 Å². The van der Waals surface area contributed by atoms with Gasteiger partial charge >= 0.3 is 0 Å². The van der Waals surface area contributed by atoms with E-state index in [4.69, 9.17) is 0 Å². The summed E-state index contributed by atoms with van der Waals surface area (Å²) in [6.45, 7) is 11.7. The second-order valence-electron chi connectivity index (χ2n) is 12.8. The normalized spacial score (nSPS) is 45.9. The van der Waals surface area contributed by atoms with Crippen LogP contribution in [-0.4, -0.2) is 17.0 Å². The number of ketones is 1. The molecule has 0 aromatic carbocycles. The number of Topliss-reactive ketones (excluding diaryl/α,β-unsaturated/α-hetero) is 1. The van der Waals surface area contributed by atoms with E-state index >= 15 is 0 Å². The molecule has 1 unspecified atom stereocenters. The van der Waals surface area contributed by atoms with E-state index in [-0.39, 0.29) is 22.3 Å². The van der Waals surface area contributed by atoms with Gasteiger partial charge in [-0.1, -0.05) is 44.1 Å². The van der Waals surface area contributed by atoms with Crippen molar-refractivity contribution in [1.29, 1.82) is 0 Å². The van der Waals surface area contributed by atoms with Crippen LogP contribution in [0.2, 0.25) is 0 Å². The minimum atomic E-state index is -0.193. The predicted molar refractivity (Wildman–Crippen MR) is 126 cm³/mol. The van der Waals surface area contributed by atoms with Crippen molar-refractivity contribution in [3.05, 3.63) is 23.3 Å². The molecule has 5 aliphatic carbocycles. The smallest absolute Gasteiger partial charge is 0.143 e. The van der Waals surface area contributed by atoms with Gasteiger partial charge < -0.3 is 5.11 Å². The zero-order valence-electron chi connectivity index (χ0n) is 20.5. The molecule has 0 aromatic rings. The summed E-state index contributed by atoms with van der Waals surface area (Å²) in [5.41, 5.74) is 3.04. The molecule has 31 heavy (non-hydrogen) atoms.